The molecule has 0 saturated carbocycles. The molecule has 1 atom stereocenters. The summed E-state index contributed by atoms with van der Waals surface area (Å²) in [5.74, 6) is 0.564. The van der Waals surface area contributed by atoms with Gasteiger partial charge in [-0.15, -0.1) is 0 Å². The molecule has 1 N–H and O–H groups in total. The molecule has 0 aliphatic heterocycles. The molecule has 0 saturated heterocycles. The van der Waals surface area contributed by atoms with Crippen LogP contribution in [0.25, 0.3) is 0 Å². The van der Waals surface area contributed by atoms with Gasteiger partial charge in [-0.05, 0) is 43.3 Å². The molecular weight excluding hydrogens is 333 g/mol. The molecule has 112 valence electrons. The van der Waals surface area contributed by atoms with E-state index in [0.717, 1.165) is 27.9 Å². The van der Waals surface area contributed by atoms with E-state index in [2.05, 4.69) is 35.1 Å². The smallest absolute Gasteiger partial charge is 0.125 e. The molecule has 0 aromatic heterocycles. The van der Waals surface area contributed by atoms with Gasteiger partial charge in [0.25, 0.3) is 0 Å². The predicted octanol–water partition coefficient (Wildman–Crippen LogP) is 4.84. The van der Waals surface area contributed by atoms with Crippen molar-refractivity contribution in [3.8, 4) is 5.75 Å². The molecule has 2 nitrogen and oxygen atoms in total. The summed E-state index contributed by atoms with van der Waals surface area (Å²) in [6, 6.07) is 12.7. The van der Waals surface area contributed by atoms with Crippen LogP contribution in [-0.2, 0) is 6.61 Å². The van der Waals surface area contributed by atoms with E-state index >= 15 is 0 Å². The van der Waals surface area contributed by atoms with Gasteiger partial charge in [0.15, 0.2) is 0 Å². The van der Waals surface area contributed by atoms with Crippen LogP contribution in [0.3, 0.4) is 0 Å². The second-order valence-electron chi connectivity index (χ2n) is 4.88. The number of nitrogens with one attached hydrogen (secondary N) is 1. The van der Waals surface area contributed by atoms with Gasteiger partial charge >= 0.3 is 0 Å². The molecule has 0 spiro atoms. The van der Waals surface area contributed by atoms with Crippen molar-refractivity contribution in [1.82, 2.24) is 5.32 Å². The van der Waals surface area contributed by atoms with Crippen LogP contribution in [0.5, 0.6) is 5.75 Å². The zero-order valence-electron chi connectivity index (χ0n) is 12.2. The first-order chi connectivity index (χ1) is 10.1. The Bertz CT molecular complexity index is 603. The first-order valence-corrected chi connectivity index (χ1v) is 7.79. The summed E-state index contributed by atoms with van der Waals surface area (Å²) in [5.41, 5.74) is 1.91. The standard InChI is InChI=1S/C17H19BrFNO/c1-3-20-12(2)16-8-7-14(18)10-17(16)21-11-13-5-4-6-15(19)9-13/h4-10,12,20H,3,11H2,1-2H3. The Morgan fingerprint density at radius 1 is 1.24 bits per heavy atom. The van der Waals surface area contributed by atoms with E-state index in [9.17, 15) is 4.39 Å². The van der Waals surface area contributed by atoms with Crippen LogP contribution in [0.4, 0.5) is 4.39 Å². The van der Waals surface area contributed by atoms with E-state index in [4.69, 9.17) is 4.74 Å². The topological polar surface area (TPSA) is 21.3 Å². The number of hydrogen-bond acceptors (Lipinski definition) is 2. The highest BCUT2D eigenvalue weighted by atomic mass is 79.9. The lowest BCUT2D eigenvalue weighted by molar-refractivity contribution is 0.299. The second kappa shape index (κ2) is 7.57. The number of benzene rings is 2. The summed E-state index contributed by atoms with van der Waals surface area (Å²) in [5, 5.41) is 3.37. The molecule has 0 fully saturated rings. The SMILES string of the molecule is CCNC(C)c1ccc(Br)cc1OCc1cccc(F)c1. The molecule has 21 heavy (non-hydrogen) atoms. The lowest BCUT2D eigenvalue weighted by Gasteiger charge is -2.18. The zero-order valence-corrected chi connectivity index (χ0v) is 13.8. The molecule has 4 heteroatoms. The highest BCUT2D eigenvalue weighted by Crippen LogP contribution is 2.29. The Morgan fingerprint density at radius 2 is 2.05 bits per heavy atom. The predicted molar refractivity (Wildman–Crippen MR) is 87.0 cm³/mol. The molecule has 2 rings (SSSR count). The minimum absolute atomic E-state index is 0.200. The summed E-state index contributed by atoms with van der Waals surface area (Å²) >= 11 is 3.46. The van der Waals surface area contributed by atoms with Crippen LogP contribution in [-0.4, -0.2) is 6.54 Å². The molecule has 0 radical (unpaired) electrons. The van der Waals surface area contributed by atoms with Crippen molar-refractivity contribution >= 4 is 15.9 Å². The fourth-order valence-corrected chi connectivity index (χ4v) is 2.53. The highest BCUT2D eigenvalue weighted by Gasteiger charge is 2.11. The van der Waals surface area contributed by atoms with Crippen molar-refractivity contribution in [3.63, 3.8) is 0 Å². The number of rotatable bonds is 6. The average Bonchev–Trinajstić information content (AvgIpc) is 2.45. The Hall–Kier alpha value is -1.39. The lowest BCUT2D eigenvalue weighted by atomic mass is 10.1. The van der Waals surface area contributed by atoms with E-state index in [0.29, 0.717) is 6.61 Å². The Balaban J connectivity index is 2.16. The fourth-order valence-electron chi connectivity index (χ4n) is 2.19. The molecular formula is C17H19BrFNO. The minimum atomic E-state index is -0.244. The molecule has 2 aromatic carbocycles. The largest absolute Gasteiger partial charge is 0.489 e. The van der Waals surface area contributed by atoms with Crippen LogP contribution in [0.2, 0.25) is 0 Å². The van der Waals surface area contributed by atoms with Crippen LogP contribution < -0.4 is 10.1 Å². The van der Waals surface area contributed by atoms with Gasteiger partial charge < -0.3 is 10.1 Å². The van der Waals surface area contributed by atoms with Crippen molar-refractivity contribution < 1.29 is 9.13 Å². The number of halogens is 2. The minimum Gasteiger partial charge on any atom is -0.489 e. The van der Waals surface area contributed by atoms with E-state index < -0.39 is 0 Å². The van der Waals surface area contributed by atoms with Crippen LogP contribution >= 0.6 is 15.9 Å². The van der Waals surface area contributed by atoms with Gasteiger partial charge in [0.05, 0.1) is 0 Å². The normalized spacial score (nSPS) is 12.2. The van der Waals surface area contributed by atoms with Gasteiger partial charge in [-0.3, -0.25) is 0 Å². The first-order valence-electron chi connectivity index (χ1n) is 7.00. The van der Waals surface area contributed by atoms with E-state index in [1.54, 1.807) is 6.07 Å². The van der Waals surface area contributed by atoms with Gasteiger partial charge in [0.2, 0.25) is 0 Å². The molecule has 0 aliphatic rings. The molecule has 1 unspecified atom stereocenters. The average molecular weight is 352 g/mol. The third-order valence-corrected chi connectivity index (χ3v) is 3.73. The summed E-state index contributed by atoms with van der Waals surface area (Å²) < 4.78 is 20.0. The Morgan fingerprint density at radius 3 is 2.76 bits per heavy atom. The lowest BCUT2D eigenvalue weighted by Crippen LogP contribution is -2.18. The van der Waals surface area contributed by atoms with E-state index in [1.807, 2.05) is 24.3 Å². The third-order valence-electron chi connectivity index (χ3n) is 3.24. The van der Waals surface area contributed by atoms with Crippen molar-refractivity contribution in [1.29, 1.82) is 0 Å². The maximum absolute atomic E-state index is 13.2. The molecule has 0 bridgehead atoms. The van der Waals surface area contributed by atoms with Gasteiger partial charge in [0, 0.05) is 16.1 Å². The van der Waals surface area contributed by atoms with Crippen LogP contribution in [0, 0.1) is 5.82 Å². The van der Waals surface area contributed by atoms with Gasteiger partial charge in [0.1, 0.15) is 18.2 Å². The fraction of sp³-hybridized carbons (Fsp3) is 0.294. The van der Waals surface area contributed by atoms with E-state index in [-0.39, 0.29) is 11.9 Å². The summed E-state index contributed by atoms with van der Waals surface area (Å²) in [6.07, 6.45) is 0. The maximum atomic E-state index is 13.2. The number of ether oxygens (including phenoxy) is 1. The third kappa shape index (κ3) is 4.55. The van der Waals surface area contributed by atoms with E-state index in [1.165, 1.54) is 12.1 Å². The van der Waals surface area contributed by atoms with Crippen LogP contribution in [0.1, 0.15) is 31.0 Å². The van der Waals surface area contributed by atoms with Gasteiger partial charge in [-0.25, -0.2) is 4.39 Å². The van der Waals surface area contributed by atoms with Gasteiger partial charge in [-0.2, -0.15) is 0 Å². The van der Waals surface area contributed by atoms with Gasteiger partial charge in [-0.1, -0.05) is 41.1 Å². The second-order valence-corrected chi connectivity index (χ2v) is 5.80. The summed E-state index contributed by atoms with van der Waals surface area (Å²) in [4.78, 5) is 0. The highest BCUT2D eigenvalue weighted by molar-refractivity contribution is 9.10. The molecule has 0 aliphatic carbocycles. The molecule has 0 amide bonds. The first kappa shape index (κ1) is 16.0. The monoisotopic (exact) mass is 351 g/mol. The molecule has 2 aromatic rings. The van der Waals surface area contributed by atoms with Crippen molar-refractivity contribution in [3.05, 3.63) is 63.9 Å². The summed E-state index contributed by atoms with van der Waals surface area (Å²) in [6.45, 7) is 5.41. The maximum Gasteiger partial charge on any atom is 0.125 e. The van der Waals surface area contributed by atoms with Crippen molar-refractivity contribution in [2.75, 3.05) is 6.54 Å². The molecule has 0 heterocycles. The Kier molecular flexibility index (Phi) is 5.76. The van der Waals surface area contributed by atoms with Crippen molar-refractivity contribution in [2.45, 2.75) is 26.5 Å². The Labute approximate surface area is 133 Å². The van der Waals surface area contributed by atoms with Crippen LogP contribution in [0.15, 0.2) is 46.9 Å². The zero-order chi connectivity index (χ0) is 15.2. The number of hydrogen-bond donors (Lipinski definition) is 1. The quantitative estimate of drug-likeness (QED) is 0.803. The summed E-state index contributed by atoms with van der Waals surface area (Å²) in [7, 11) is 0. The van der Waals surface area contributed by atoms with Crippen molar-refractivity contribution in [2.24, 2.45) is 0 Å².